The Morgan fingerprint density at radius 1 is 1.30 bits per heavy atom. The fourth-order valence-corrected chi connectivity index (χ4v) is 2.17. The number of aromatic nitrogens is 1. The summed E-state index contributed by atoms with van der Waals surface area (Å²) >= 11 is 0. The number of rotatable bonds is 4. The van der Waals surface area contributed by atoms with E-state index in [0.717, 1.165) is 0 Å². The Morgan fingerprint density at radius 3 is 2.61 bits per heavy atom. The molecule has 1 aromatic carbocycles. The van der Waals surface area contributed by atoms with Gasteiger partial charge in [-0.25, -0.2) is 9.59 Å². The lowest BCUT2D eigenvalue weighted by Gasteiger charge is -2.12. The molecule has 0 amide bonds. The molecule has 7 heteroatoms. The van der Waals surface area contributed by atoms with Gasteiger partial charge in [-0.2, -0.15) is 5.26 Å². The molecule has 0 spiro atoms. The zero-order chi connectivity index (χ0) is 17.0. The first kappa shape index (κ1) is 16.1. The van der Waals surface area contributed by atoms with Gasteiger partial charge >= 0.3 is 11.9 Å². The Kier molecular flexibility index (Phi) is 4.66. The number of esters is 2. The molecule has 0 radical (unpaired) electrons. The van der Waals surface area contributed by atoms with Crippen molar-refractivity contribution in [2.45, 2.75) is 6.92 Å². The molecule has 1 aromatic heterocycles. The van der Waals surface area contributed by atoms with Crippen molar-refractivity contribution in [1.82, 2.24) is 4.57 Å². The van der Waals surface area contributed by atoms with E-state index in [-0.39, 0.29) is 29.1 Å². The number of nitriles is 1. The van der Waals surface area contributed by atoms with E-state index in [0.29, 0.717) is 5.69 Å². The van der Waals surface area contributed by atoms with Crippen molar-refractivity contribution in [3.63, 3.8) is 0 Å². The second-order valence-corrected chi connectivity index (χ2v) is 4.52. The molecule has 0 bridgehead atoms. The van der Waals surface area contributed by atoms with Gasteiger partial charge in [0.05, 0.1) is 36.2 Å². The second-order valence-electron chi connectivity index (χ2n) is 4.52. The van der Waals surface area contributed by atoms with E-state index in [1.165, 1.54) is 17.9 Å². The molecule has 0 aliphatic rings. The molecule has 23 heavy (non-hydrogen) atoms. The van der Waals surface area contributed by atoms with Crippen LogP contribution in [0.15, 0.2) is 30.5 Å². The molecular formula is C16H15N3O4. The van der Waals surface area contributed by atoms with E-state index in [1.807, 2.05) is 6.07 Å². The van der Waals surface area contributed by atoms with E-state index in [4.69, 9.17) is 20.5 Å². The van der Waals surface area contributed by atoms with Gasteiger partial charge in [-0.05, 0) is 19.1 Å². The Bertz CT molecular complexity index is 802. The number of ether oxygens (including phenoxy) is 2. The van der Waals surface area contributed by atoms with Crippen LogP contribution in [0.3, 0.4) is 0 Å². The van der Waals surface area contributed by atoms with E-state index in [2.05, 4.69) is 0 Å². The number of hydrogen-bond acceptors (Lipinski definition) is 6. The molecule has 2 rings (SSSR count). The third-order valence-electron chi connectivity index (χ3n) is 3.20. The molecule has 0 saturated carbocycles. The number of nitrogens with zero attached hydrogens (tertiary/aromatic N) is 2. The third-order valence-corrected chi connectivity index (χ3v) is 3.20. The summed E-state index contributed by atoms with van der Waals surface area (Å²) in [4.78, 5) is 24.1. The molecule has 2 aromatic rings. The molecule has 2 N–H and O–H groups in total. The third kappa shape index (κ3) is 2.87. The normalized spacial score (nSPS) is 9.96. The van der Waals surface area contributed by atoms with Crippen LogP contribution in [0.25, 0.3) is 5.69 Å². The number of nitrogen functional groups attached to an aromatic ring is 1. The highest BCUT2D eigenvalue weighted by molar-refractivity contribution is 5.98. The smallest absolute Gasteiger partial charge is 0.357 e. The fraction of sp³-hybridized carbons (Fsp3) is 0.188. The van der Waals surface area contributed by atoms with Gasteiger partial charge in [0.2, 0.25) is 0 Å². The molecule has 1 heterocycles. The van der Waals surface area contributed by atoms with Crippen molar-refractivity contribution in [2.75, 3.05) is 19.5 Å². The van der Waals surface area contributed by atoms with Gasteiger partial charge in [0.15, 0.2) is 5.69 Å². The van der Waals surface area contributed by atoms with Crippen molar-refractivity contribution in [2.24, 2.45) is 0 Å². The second kappa shape index (κ2) is 6.66. The van der Waals surface area contributed by atoms with E-state index < -0.39 is 11.9 Å². The summed E-state index contributed by atoms with van der Waals surface area (Å²) in [5, 5.41) is 9.13. The van der Waals surface area contributed by atoms with Gasteiger partial charge < -0.3 is 19.8 Å². The Hall–Kier alpha value is -3.27. The average molecular weight is 313 g/mol. The van der Waals surface area contributed by atoms with Gasteiger partial charge in [-0.3, -0.25) is 0 Å². The van der Waals surface area contributed by atoms with Crippen LogP contribution in [0.2, 0.25) is 0 Å². The predicted octanol–water partition coefficient (Wildman–Crippen LogP) is 1.89. The van der Waals surface area contributed by atoms with Gasteiger partial charge in [-0.1, -0.05) is 12.1 Å². The maximum atomic E-state index is 12.1. The molecule has 0 aliphatic heterocycles. The number of carbonyl (C=O) groups is 2. The lowest BCUT2D eigenvalue weighted by Crippen LogP contribution is -2.14. The van der Waals surface area contributed by atoms with Crippen molar-refractivity contribution in [1.29, 1.82) is 5.26 Å². The number of carbonyl (C=O) groups excluding carboxylic acids is 2. The number of benzene rings is 1. The van der Waals surface area contributed by atoms with Gasteiger partial charge in [0, 0.05) is 6.20 Å². The standard InChI is InChI=1S/C16H15N3O4/c1-3-23-15(20)11-6-4-5-7-12(11)19-9-10(8-17)13(18)14(19)16(21)22-2/h4-7,9H,3,18H2,1-2H3. The topological polar surface area (TPSA) is 107 Å². The van der Waals surface area contributed by atoms with Crippen LogP contribution in [0.1, 0.15) is 33.3 Å². The van der Waals surface area contributed by atoms with Crippen LogP contribution in [-0.2, 0) is 9.47 Å². The average Bonchev–Trinajstić information content (AvgIpc) is 2.90. The first-order chi connectivity index (χ1) is 11.0. The molecular weight excluding hydrogens is 298 g/mol. The minimum absolute atomic E-state index is 0.00184. The maximum absolute atomic E-state index is 12.1. The predicted molar refractivity (Wildman–Crippen MR) is 82.2 cm³/mol. The van der Waals surface area contributed by atoms with Crippen molar-refractivity contribution in [3.8, 4) is 11.8 Å². The van der Waals surface area contributed by atoms with E-state index >= 15 is 0 Å². The summed E-state index contributed by atoms with van der Waals surface area (Å²) in [6.07, 6.45) is 1.39. The SMILES string of the molecule is CCOC(=O)c1ccccc1-n1cc(C#N)c(N)c1C(=O)OC. The lowest BCUT2D eigenvalue weighted by molar-refractivity contribution is 0.0523. The number of methoxy groups -OCH3 is 1. The highest BCUT2D eigenvalue weighted by atomic mass is 16.5. The number of para-hydroxylation sites is 1. The molecule has 0 fully saturated rings. The number of hydrogen-bond donors (Lipinski definition) is 1. The van der Waals surface area contributed by atoms with Crippen LogP contribution in [0.5, 0.6) is 0 Å². The Balaban J connectivity index is 2.71. The van der Waals surface area contributed by atoms with Crippen molar-refractivity contribution < 1.29 is 19.1 Å². The Morgan fingerprint density at radius 2 is 2.00 bits per heavy atom. The quantitative estimate of drug-likeness (QED) is 0.864. The van der Waals surface area contributed by atoms with Crippen LogP contribution >= 0.6 is 0 Å². The summed E-state index contributed by atoms with van der Waals surface area (Å²) in [6.45, 7) is 1.91. The van der Waals surface area contributed by atoms with Gasteiger partial charge in [0.25, 0.3) is 0 Å². The monoisotopic (exact) mass is 313 g/mol. The van der Waals surface area contributed by atoms with E-state index in [1.54, 1.807) is 31.2 Å². The first-order valence-electron chi connectivity index (χ1n) is 6.80. The number of nitrogens with two attached hydrogens (primary N) is 1. The highest BCUT2D eigenvalue weighted by Crippen LogP contribution is 2.26. The molecule has 118 valence electrons. The molecule has 7 nitrogen and oxygen atoms in total. The summed E-state index contributed by atoms with van der Waals surface area (Å²) in [5.74, 6) is -1.24. The minimum atomic E-state index is -0.706. The zero-order valence-corrected chi connectivity index (χ0v) is 12.7. The molecule has 0 atom stereocenters. The van der Waals surface area contributed by atoms with Crippen LogP contribution in [-0.4, -0.2) is 30.2 Å². The van der Waals surface area contributed by atoms with Crippen LogP contribution in [0, 0.1) is 11.3 Å². The largest absolute Gasteiger partial charge is 0.464 e. The summed E-state index contributed by atoms with van der Waals surface area (Å²) < 4.78 is 11.1. The van der Waals surface area contributed by atoms with E-state index in [9.17, 15) is 9.59 Å². The highest BCUT2D eigenvalue weighted by Gasteiger charge is 2.24. The summed E-state index contributed by atoms with van der Waals surface area (Å²) in [7, 11) is 1.21. The summed E-state index contributed by atoms with van der Waals surface area (Å²) in [6, 6.07) is 8.47. The number of anilines is 1. The van der Waals surface area contributed by atoms with Crippen LogP contribution < -0.4 is 5.73 Å². The molecule has 0 saturated heterocycles. The van der Waals surface area contributed by atoms with Gasteiger partial charge in [-0.15, -0.1) is 0 Å². The first-order valence-corrected chi connectivity index (χ1v) is 6.80. The van der Waals surface area contributed by atoms with Crippen molar-refractivity contribution in [3.05, 3.63) is 47.3 Å². The van der Waals surface area contributed by atoms with Crippen LogP contribution in [0.4, 0.5) is 5.69 Å². The lowest BCUT2D eigenvalue weighted by atomic mass is 10.1. The maximum Gasteiger partial charge on any atom is 0.357 e. The zero-order valence-electron chi connectivity index (χ0n) is 12.7. The molecule has 0 unspecified atom stereocenters. The molecule has 0 aliphatic carbocycles. The minimum Gasteiger partial charge on any atom is -0.464 e. The Labute approximate surface area is 132 Å². The van der Waals surface area contributed by atoms with Gasteiger partial charge in [0.1, 0.15) is 6.07 Å². The summed E-state index contributed by atoms with van der Waals surface area (Å²) in [5.41, 5.74) is 6.58. The fourth-order valence-electron chi connectivity index (χ4n) is 2.17. The van der Waals surface area contributed by atoms with Crippen molar-refractivity contribution >= 4 is 17.6 Å².